The third kappa shape index (κ3) is 14.9. The summed E-state index contributed by atoms with van der Waals surface area (Å²) in [5, 5.41) is 0. The Kier molecular flexibility index (Phi) is 18.1. The zero-order chi connectivity index (χ0) is 38.2. The Morgan fingerprint density at radius 2 is 1.00 bits per heavy atom. The predicted molar refractivity (Wildman–Crippen MR) is 191 cm³/mol. The molecule has 0 bridgehead atoms. The van der Waals surface area contributed by atoms with E-state index in [1.165, 1.54) is 64.0 Å². The molecule has 0 spiro atoms. The molecule has 0 saturated carbocycles. The fourth-order valence-electron chi connectivity index (χ4n) is 7.28. The average Bonchev–Trinajstić information content (AvgIpc) is 3.11. The lowest BCUT2D eigenvalue weighted by Crippen LogP contribution is -2.32. The zero-order valence-electron chi connectivity index (χ0n) is 31.3. The van der Waals surface area contributed by atoms with Crippen LogP contribution in [0, 0.1) is 47.9 Å². The highest BCUT2D eigenvalue weighted by molar-refractivity contribution is 5.28. The molecule has 2 aliphatic heterocycles. The summed E-state index contributed by atoms with van der Waals surface area (Å²) in [4.78, 5) is 0. The lowest BCUT2D eigenvalue weighted by atomic mass is 9.93. The molecule has 298 valence electrons. The normalized spacial score (nSPS) is 21.8. The molecule has 0 aromatic heterocycles. The van der Waals surface area contributed by atoms with E-state index in [4.69, 9.17) is 18.9 Å². The van der Waals surface area contributed by atoms with E-state index in [0.29, 0.717) is 63.1 Å². The van der Waals surface area contributed by atoms with E-state index in [1.54, 1.807) is 0 Å². The second-order valence-electron chi connectivity index (χ2n) is 14.9. The maximum absolute atomic E-state index is 13.9. The molecule has 2 saturated heterocycles. The van der Waals surface area contributed by atoms with Crippen molar-refractivity contribution in [3.63, 3.8) is 0 Å². The van der Waals surface area contributed by atoms with Gasteiger partial charge in [0.2, 0.25) is 0 Å². The number of aryl methyl sites for hydroxylation is 2. The quantitative estimate of drug-likeness (QED) is 0.0722. The number of rotatable bonds is 21. The standard InChI is InChI=1S/C42H57F7O4/c1-3-12-30(13-8-4-6-10-15-33-25-50-39(51-26-33)19-17-31-21-35(43)29(2)36(44)22-31)14-9-5-7-11-16-34-27-52-40(53-28-34)20-18-32-23-37(45)41(38(46)24-32)42(47,48)49/h3,12,21-24,30,33-34,39-40H,4-11,13-20,25-28H2,1-2H3/b12-3+. The monoisotopic (exact) mass is 758 g/mol. The van der Waals surface area contributed by atoms with Gasteiger partial charge in [-0.05, 0) is 93.7 Å². The van der Waals surface area contributed by atoms with Crippen LogP contribution in [0.2, 0.25) is 0 Å². The van der Waals surface area contributed by atoms with Gasteiger partial charge in [0.05, 0.1) is 26.4 Å². The largest absolute Gasteiger partial charge is 0.422 e. The molecule has 2 fully saturated rings. The second kappa shape index (κ2) is 22.2. The van der Waals surface area contributed by atoms with Gasteiger partial charge < -0.3 is 18.9 Å². The Labute approximate surface area is 310 Å². The number of halogens is 7. The van der Waals surface area contributed by atoms with Crippen LogP contribution in [0.25, 0.3) is 0 Å². The molecule has 11 heteroatoms. The minimum atomic E-state index is -5.08. The van der Waals surface area contributed by atoms with Crippen molar-refractivity contribution in [3.05, 3.63) is 81.9 Å². The Morgan fingerprint density at radius 3 is 1.40 bits per heavy atom. The third-order valence-corrected chi connectivity index (χ3v) is 10.5. The van der Waals surface area contributed by atoms with Crippen LogP contribution in [0.5, 0.6) is 0 Å². The predicted octanol–water partition coefficient (Wildman–Crippen LogP) is 12.0. The van der Waals surface area contributed by atoms with Crippen LogP contribution >= 0.6 is 0 Å². The molecule has 2 aliphatic rings. The Balaban J connectivity index is 0.970. The summed E-state index contributed by atoms with van der Waals surface area (Å²) in [6.45, 7) is 5.93. The maximum atomic E-state index is 13.9. The summed E-state index contributed by atoms with van der Waals surface area (Å²) in [6, 6.07) is 4.24. The van der Waals surface area contributed by atoms with E-state index in [2.05, 4.69) is 19.1 Å². The number of unbranched alkanes of at least 4 members (excludes halogenated alkanes) is 6. The highest BCUT2D eigenvalue weighted by atomic mass is 19.4. The summed E-state index contributed by atoms with van der Waals surface area (Å²) in [6.07, 6.45) is 14.0. The molecular weight excluding hydrogens is 701 g/mol. The van der Waals surface area contributed by atoms with Crippen molar-refractivity contribution >= 4 is 0 Å². The lowest BCUT2D eigenvalue weighted by molar-refractivity contribution is -0.203. The van der Waals surface area contributed by atoms with E-state index in [0.717, 1.165) is 44.2 Å². The zero-order valence-corrected chi connectivity index (χ0v) is 31.3. The van der Waals surface area contributed by atoms with Crippen molar-refractivity contribution in [3.8, 4) is 0 Å². The first-order valence-electron chi connectivity index (χ1n) is 19.5. The smallest absolute Gasteiger partial charge is 0.352 e. The van der Waals surface area contributed by atoms with Crippen LogP contribution in [0.3, 0.4) is 0 Å². The van der Waals surface area contributed by atoms with Crippen molar-refractivity contribution < 1.29 is 49.7 Å². The fraction of sp³-hybridized carbons (Fsp3) is 0.667. The van der Waals surface area contributed by atoms with Gasteiger partial charge in [0.15, 0.2) is 12.6 Å². The molecule has 1 unspecified atom stereocenters. The van der Waals surface area contributed by atoms with Gasteiger partial charge >= 0.3 is 6.18 Å². The van der Waals surface area contributed by atoms with Crippen LogP contribution in [0.4, 0.5) is 30.7 Å². The molecule has 2 heterocycles. The van der Waals surface area contributed by atoms with Crippen molar-refractivity contribution in [2.75, 3.05) is 26.4 Å². The SMILES string of the molecule is C/C=C/C(CCCCCCC1COC(CCc2cc(F)c(C)c(F)c2)OC1)CCCCCCC1COC(CCc2cc(F)c(C(F)(F)F)c(F)c2)OC1. The van der Waals surface area contributed by atoms with E-state index in [-0.39, 0.29) is 29.8 Å². The fourth-order valence-corrected chi connectivity index (χ4v) is 7.28. The van der Waals surface area contributed by atoms with Gasteiger partial charge in [-0.25, -0.2) is 17.6 Å². The number of allylic oxidation sites excluding steroid dienone is 2. The Morgan fingerprint density at radius 1 is 0.604 bits per heavy atom. The average molecular weight is 759 g/mol. The minimum absolute atomic E-state index is 0.0457. The highest BCUT2D eigenvalue weighted by Gasteiger charge is 2.38. The van der Waals surface area contributed by atoms with Crippen molar-refractivity contribution in [2.45, 2.75) is 135 Å². The highest BCUT2D eigenvalue weighted by Crippen LogP contribution is 2.34. The molecule has 2 aromatic rings. The van der Waals surface area contributed by atoms with Gasteiger partial charge in [-0.3, -0.25) is 0 Å². The van der Waals surface area contributed by atoms with Gasteiger partial charge in [-0.1, -0.05) is 63.5 Å². The molecule has 2 aromatic carbocycles. The molecule has 0 aliphatic carbocycles. The van der Waals surface area contributed by atoms with E-state index < -0.39 is 41.3 Å². The summed E-state index contributed by atoms with van der Waals surface area (Å²) >= 11 is 0. The summed E-state index contributed by atoms with van der Waals surface area (Å²) in [7, 11) is 0. The molecule has 0 N–H and O–H groups in total. The molecule has 1 atom stereocenters. The van der Waals surface area contributed by atoms with Gasteiger partial charge in [0.25, 0.3) is 0 Å². The van der Waals surface area contributed by atoms with Crippen molar-refractivity contribution in [2.24, 2.45) is 17.8 Å². The van der Waals surface area contributed by atoms with Crippen LogP contribution in [-0.4, -0.2) is 39.0 Å². The summed E-state index contributed by atoms with van der Waals surface area (Å²) < 4.78 is 117. The van der Waals surface area contributed by atoms with Crippen LogP contribution in [-0.2, 0) is 38.0 Å². The topological polar surface area (TPSA) is 36.9 Å². The minimum Gasteiger partial charge on any atom is -0.352 e. The number of hydrogen-bond donors (Lipinski definition) is 0. The van der Waals surface area contributed by atoms with E-state index in [1.807, 2.05) is 0 Å². The molecule has 4 rings (SSSR count). The van der Waals surface area contributed by atoms with Gasteiger partial charge in [0, 0.05) is 30.2 Å². The molecule has 4 nitrogen and oxygen atoms in total. The number of hydrogen-bond acceptors (Lipinski definition) is 4. The Bertz CT molecular complexity index is 1350. The van der Waals surface area contributed by atoms with Gasteiger partial charge in [-0.15, -0.1) is 0 Å². The van der Waals surface area contributed by atoms with E-state index >= 15 is 0 Å². The van der Waals surface area contributed by atoms with Crippen LogP contribution < -0.4 is 0 Å². The molecule has 53 heavy (non-hydrogen) atoms. The summed E-state index contributed by atoms with van der Waals surface area (Å²) in [5.74, 6) is -2.96. The first-order chi connectivity index (χ1) is 25.4. The molecule has 0 amide bonds. The maximum Gasteiger partial charge on any atom is 0.422 e. The van der Waals surface area contributed by atoms with Crippen molar-refractivity contribution in [1.82, 2.24) is 0 Å². The van der Waals surface area contributed by atoms with Gasteiger partial charge in [-0.2, -0.15) is 13.2 Å². The van der Waals surface area contributed by atoms with Crippen LogP contribution in [0.15, 0.2) is 36.4 Å². The first-order valence-corrected chi connectivity index (χ1v) is 19.5. The number of ether oxygens (including phenoxy) is 4. The van der Waals surface area contributed by atoms with E-state index in [9.17, 15) is 30.7 Å². The first kappa shape index (κ1) is 43.3. The lowest BCUT2D eigenvalue weighted by Gasteiger charge is -2.29. The third-order valence-electron chi connectivity index (χ3n) is 10.5. The Hall–Kier alpha value is -2.47. The number of alkyl halides is 3. The second-order valence-corrected chi connectivity index (χ2v) is 14.9. The molecular formula is C42H57F7O4. The van der Waals surface area contributed by atoms with Crippen molar-refractivity contribution in [1.29, 1.82) is 0 Å². The number of benzene rings is 2. The van der Waals surface area contributed by atoms with Gasteiger partial charge in [0.1, 0.15) is 28.8 Å². The summed E-state index contributed by atoms with van der Waals surface area (Å²) in [5.41, 5.74) is -1.06. The molecule has 0 radical (unpaired) electrons. The van der Waals surface area contributed by atoms with Crippen LogP contribution in [0.1, 0.15) is 119 Å².